The van der Waals surface area contributed by atoms with Gasteiger partial charge in [0, 0.05) is 18.3 Å². The molecule has 2 rings (SSSR count). The smallest absolute Gasteiger partial charge is 0.337 e. The highest BCUT2D eigenvalue weighted by Gasteiger charge is 2.47. The molecule has 0 aromatic carbocycles. The number of aliphatic hydroxyl groups excluding tert-OH is 4. The van der Waals surface area contributed by atoms with E-state index >= 15 is 0 Å². The number of hydrogen-bond acceptors (Lipinski definition) is 10. The highest BCUT2D eigenvalue weighted by Crippen LogP contribution is 2.36. The number of carbonyl (C=O) groups is 2. The molecule has 0 amide bonds. The Morgan fingerprint density at radius 1 is 1.26 bits per heavy atom. The molecule has 0 aliphatic carbocycles. The van der Waals surface area contributed by atoms with Crippen LogP contribution < -0.4 is 0 Å². The van der Waals surface area contributed by atoms with Crippen LogP contribution in [0, 0.1) is 11.8 Å². The number of aliphatic hydroxyl groups is 4. The molecule has 10 heteroatoms. The molecule has 2 heterocycles. The Morgan fingerprint density at radius 2 is 1.96 bits per heavy atom. The number of carbonyl (C=O) groups excluding carboxylic acids is 2. The van der Waals surface area contributed by atoms with E-state index in [1.165, 1.54) is 13.2 Å². The van der Waals surface area contributed by atoms with Crippen LogP contribution >= 0.6 is 0 Å². The van der Waals surface area contributed by atoms with Crippen molar-refractivity contribution in [2.75, 3.05) is 13.7 Å². The number of aldehydes is 1. The molecule has 27 heavy (non-hydrogen) atoms. The molecule has 0 aromatic rings. The summed E-state index contributed by atoms with van der Waals surface area (Å²) >= 11 is 0. The van der Waals surface area contributed by atoms with Gasteiger partial charge in [-0.1, -0.05) is 6.08 Å². The Balaban J connectivity index is 2.22. The van der Waals surface area contributed by atoms with Crippen molar-refractivity contribution in [2.45, 2.75) is 43.4 Å². The first-order chi connectivity index (χ1) is 12.9. The van der Waals surface area contributed by atoms with Crippen LogP contribution in [0.5, 0.6) is 0 Å². The Labute approximate surface area is 155 Å². The summed E-state index contributed by atoms with van der Waals surface area (Å²) < 4.78 is 21.0. The van der Waals surface area contributed by atoms with Crippen LogP contribution in [-0.4, -0.2) is 83.4 Å². The number of ether oxygens (including phenoxy) is 4. The summed E-state index contributed by atoms with van der Waals surface area (Å²) in [5.41, 5.74) is 0.128. The molecular formula is C17H24O10. The van der Waals surface area contributed by atoms with E-state index in [1.54, 1.807) is 0 Å². The monoisotopic (exact) mass is 388 g/mol. The Kier molecular flexibility index (Phi) is 7.48. The third-order valence-corrected chi connectivity index (χ3v) is 4.67. The second-order valence-corrected chi connectivity index (χ2v) is 6.22. The maximum absolute atomic E-state index is 11.9. The van der Waals surface area contributed by atoms with Crippen LogP contribution in [0.1, 0.15) is 6.42 Å². The minimum absolute atomic E-state index is 0.0322. The van der Waals surface area contributed by atoms with E-state index in [9.17, 15) is 30.0 Å². The van der Waals surface area contributed by atoms with Crippen molar-refractivity contribution in [3.8, 4) is 0 Å². The molecule has 0 radical (unpaired) electrons. The largest absolute Gasteiger partial charge is 0.471 e. The molecule has 1 fully saturated rings. The Bertz CT molecular complexity index is 574. The lowest BCUT2D eigenvalue weighted by molar-refractivity contribution is -0.339. The Morgan fingerprint density at radius 3 is 2.52 bits per heavy atom. The average Bonchev–Trinajstić information content (AvgIpc) is 2.68. The van der Waals surface area contributed by atoms with Crippen LogP contribution in [0.25, 0.3) is 0 Å². The lowest BCUT2D eigenvalue weighted by Crippen LogP contribution is -2.60. The zero-order chi connectivity index (χ0) is 20.1. The third kappa shape index (κ3) is 4.37. The van der Waals surface area contributed by atoms with Crippen LogP contribution in [0.15, 0.2) is 24.5 Å². The maximum Gasteiger partial charge on any atom is 0.337 e. The van der Waals surface area contributed by atoms with Crippen molar-refractivity contribution in [3.05, 3.63) is 24.5 Å². The van der Waals surface area contributed by atoms with Gasteiger partial charge in [-0.2, -0.15) is 0 Å². The standard InChI is InChI=1S/C17H24O10/c1-3-8-9(4-5-18)10(15(23)24-2)7-25-16(8)27-17-14(22)13(21)12(20)11(6-19)26-17/h3,5,7-9,11-14,16-17,19-22H,1,4,6H2,2H3/t8-,9+,11-,12+,13+,14-,16+,17+/m1/s1. The van der Waals surface area contributed by atoms with Crippen molar-refractivity contribution >= 4 is 12.3 Å². The van der Waals surface area contributed by atoms with E-state index in [-0.39, 0.29) is 12.0 Å². The molecule has 0 bridgehead atoms. The fraction of sp³-hybridized carbons (Fsp3) is 0.647. The number of esters is 1. The number of hydrogen-bond donors (Lipinski definition) is 4. The summed E-state index contributed by atoms with van der Waals surface area (Å²) in [6.45, 7) is 3.06. The normalized spacial score (nSPS) is 39.1. The summed E-state index contributed by atoms with van der Waals surface area (Å²) in [5.74, 6) is -1.99. The molecular weight excluding hydrogens is 364 g/mol. The van der Waals surface area contributed by atoms with Gasteiger partial charge in [-0.05, 0) is 0 Å². The van der Waals surface area contributed by atoms with Gasteiger partial charge in [0.1, 0.15) is 30.7 Å². The molecule has 0 spiro atoms. The Hall–Kier alpha value is -1.82. The molecule has 2 aliphatic heterocycles. The summed E-state index contributed by atoms with van der Waals surface area (Å²) in [7, 11) is 1.20. The van der Waals surface area contributed by atoms with Crippen LogP contribution in [0.4, 0.5) is 0 Å². The van der Waals surface area contributed by atoms with Gasteiger partial charge >= 0.3 is 5.97 Å². The van der Waals surface area contributed by atoms with Crippen molar-refractivity contribution in [3.63, 3.8) is 0 Å². The highest BCUT2D eigenvalue weighted by molar-refractivity contribution is 5.89. The third-order valence-electron chi connectivity index (χ3n) is 4.67. The first kappa shape index (κ1) is 21.5. The average molecular weight is 388 g/mol. The summed E-state index contributed by atoms with van der Waals surface area (Å²) in [5, 5.41) is 39.0. The predicted molar refractivity (Wildman–Crippen MR) is 87.7 cm³/mol. The van der Waals surface area contributed by atoms with Gasteiger partial charge in [0.2, 0.25) is 6.29 Å². The van der Waals surface area contributed by atoms with Crippen molar-refractivity contribution in [1.29, 1.82) is 0 Å². The fourth-order valence-corrected chi connectivity index (χ4v) is 3.13. The topological polar surface area (TPSA) is 152 Å². The minimum atomic E-state index is -1.62. The van der Waals surface area contributed by atoms with Gasteiger partial charge in [0.15, 0.2) is 6.29 Å². The van der Waals surface area contributed by atoms with E-state index in [1.807, 2.05) is 0 Å². The molecule has 2 aliphatic rings. The molecule has 8 atom stereocenters. The second kappa shape index (κ2) is 9.40. The first-order valence-electron chi connectivity index (χ1n) is 8.35. The molecule has 0 unspecified atom stereocenters. The van der Waals surface area contributed by atoms with Gasteiger partial charge in [0.25, 0.3) is 0 Å². The first-order valence-corrected chi connectivity index (χ1v) is 8.35. The fourth-order valence-electron chi connectivity index (χ4n) is 3.13. The lowest BCUT2D eigenvalue weighted by atomic mass is 9.82. The number of rotatable bonds is 7. The maximum atomic E-state index is 11.9. The van der Waals surface area contributed by atoms with E-state index in [0.29, 0.717) is 6.29 Å². The summed E-state index contributed by atoms with van der Waals surface area (Å²) in [4.78, 5) is 23.0. The minimum Gasteiger partial charge on any atom is -0.471 e. The van der Waals surface area contributed by atoms with Gasteiger partial charge in [0.05, 0.1) is 25.6 Å². The second-order valence-electron chi connectivity index (χ2n) is 6.22. The van der Waals surface area contributed by atoms with E-state index in [2.05, 4.69) is 11.3 Å². The number of methoxy groups -OCH3 is 1. The highest BCUT2D eigenvalue weighted by atomic mass is 16.8. The van der Waals surface area contributed by atoms with Gasteiger partial charge in [-0.15, -0.1) is 6.58 Å². The SMILES string of the molecule is C=C[C@H]1[C@H](O[C@@H]2O[C@H](CO)[C@H](O)[C@H](O)[C@H]2O)OC=C(C(=O)OC)[C@H]1CC=O. The lowest BCUT2D eigenvalue weighted by Gasteiger charge is -2.42. The quantitative estimate of drug-likeness (QED) is 0.224. The van der Waals surface area contributed by atoms with Gasteiger partial charge < -0.3 is 44.2 Å². The summed E-state index contributed by atoms with van der Waals surface area (Å²) in [6.07, 6.45) is -5.31. The van der Waals surface area contributed by atoms with E-state index in [4.69, 9.17) is 14.2 Å². The van der Waals surface area contributed by atoms with E-state index < -0.39 is 61.4 Å². The van der Waals surface area contributed by atoms with Crippen molar-refractivity contribution in [1.82, 2.24) is 0 Å². The molecule has 1 saturated heterocycles. The zero-order valence-electron chi connectivity index (χ0n) is 14.7. The van der Waals surface area contributed by atoms with Crippen molar-refractivity contribution < 1.29 is 49.0 Å². The van der Waals surface area contributed by atoms with Crippen molar-refractivity contribution in [2.24, 2.45) is 11.8 Å². The van der Waals surface area contributed by atoms with Gasteiger partial charge in [-0.25, -0.2) is 4.79 Å². The molecule has 152 valence electrons. The molecule has 4 N–H and O–H groups in total. The van der Waals surface area contributed by atoms with Crippen LogP contribution in [-0.2, 0) is 28.5 Å². The predicted octanol–water partition coefficient (Wildman–Crippen LogP) is -1.78. The molecule has 0 aromatic heterocycles. The zero-order valence-corrected chi connectivity index (χ0v) is 14.7. The molecule has 10 nitrogen and oxygen atoms in total. The van der Waals surface area contributed by atoms with E-state index in [0.717, 1.165) is 6.26 Å². The summed E-state index contributed by atoms with van der Waals surface area (Å²) in [6, 6.07) is 0. The molecule has 0 saturated carbocycles. The van der Waals surface area contributed by atoms with Crippen LogP contribution in [0.2, 0.25) is 0 Å². The van der Waals surface area contributed by atoms with Crippen LogP contribution in [0.3, 0.4) is 0 Å². The van der Waals surface area contributed by atoms with Gasteiger partial charge in [-0.3, -0.25) is 0 Å².